The molecule has 0 bridgehead atoms. The first kappa shape index (κ1) is 9.26. The summed E-state index contributed by atoms with van der Waals surface area (Å²) in [5, 5.41) is 4.23. The Morgan fingerprint density at radius 3 is 2.67 bits per heavy atom. The number of nitrogens with one attached hydrogen (secondary N) is 1. The number of nitrogens with zero attached hydrogens (tertiary/aromatic N) is 1. The summed E-state index contributed by atoms with van der Waals surface area (Å²) in [6, 6.07) is 0.287. The highest BCUT2D eigenvalue weighted by Gasteiger charge is 2.03. The van der Waals surface area contributed by atoms with E-state index in [1.54, 1.807) is 11.3 Å². The molecule has 12 heavy (non-hydrogen) atoms. The fraction of sp³-hybridized carbons (Fsp3) is 0.444. The Labute approximate surface area is 77.3 Å². The van der Waals surface area contributed by atoms with Gasteiger partial charge in [-0.1, -0.05) is 6.08 Å². The van der Waals surface area contributed by atoms with Crippen molar-refractivity contribution in [3.8, 4) is 0 Å². The van der Waals surface area contributed by atoms with Gasteiger partial charge in [0.25, 0.3) is 0 Å². The number of hydrogen-bond donors (Lipinski definition) is 1. The summed E-state index contributed by atoms with van der Waals surface area (Å²) >= 11 is 1.69. The summed E-state index contributed by atoms with van der Waals surface area (Å²) in [7, 11) is 0. The minimum Gasteiger partial charge on any atom is -0.356 e. The minimum absolute atomic E-state index is 0.287. The van der Waals surface area contributed by atoms with Gasteiger partial charge in [0, 0.05) is 10.9 Å². The molecular weight excluding hydrogens is 168 g/mol. The topological polar surface area (TPSA) is 24.9 Å². The molecule has 1 atom stereocenters. The van der Waals surface area contributed by atoms with Gasteiger partial charge in [0.2, 0.25) is 0 Å². The van der Waals surface area contributed by atoms with Crippen molar-refractivity contribution in [2.75, 3.05) is 5.32 Å². The van der Waals surface area contributed by atoms with Crippen molar-refractivity contribution in [3.63, 3.8) is 0 Å². The van der Waals surface area contributed by atoms with Crippen LogP contribution < -0.4 is 5.32 Å². The zero-order chi connectivity index (χ0) is 9.14. The molecule has 0 aliphatic rings. The largest absolute Gasteiger partial charge is 0.356 e. The van der Waals surface area contributed by atoms with Crippen LogP contribution in [0, 0.1) is 13.8 Å². The maximum absolute atomic E-state index is 4.36. The average Bonchev–Trinajstić information content (AvgIpc) is 2.31. The molecule has 1 heterocycles. The monoisotopic (exact) mass is 182 g/mol. The quantitative estimate of drug-likeness (QED) is 0.727. The molecule has 1 aromatic heterocycles. The van der Waals surface area contributed by atoms with Crippen LogP contribution in [0.3, 0.4) is 0 Å². The van der Waals surface area contributed by atoms with E-state index in [9.17, 15) is 0 Å². The number of hydrogen-bond acceptors (Lipinski definition) is 3. The van der Waals surface area contributed by atoms with Crippen molar-refractivity contribution in [3.05, 3.63) is 23.2 Å². The van der Waals surface area contributed by atoms with E-state index in [0.717, 1.165) is 10.8 Å². The third-order valence-corrected chi connectivity index (χ3v) is 2.74. The van der Waals surface area contributed by atoms with Crippen LogP contribution in [-0.2, 0) is 0 Å². The molecule has 0 spiro atoms. The maximum atomic E-state index is 4.36. The Morgan fingerprint density at radius 1 is 1.58 bits per heavy atom. The summed E-state index contributed by atoms with van der Waals surface area (Å²) in [5.74, 6) is 0. The van der Waals surface area contributed by atoms with E-state index in [1.807, 2.05) is 13.0 Å². The molecule has 0 amide bonds. The number of aryl methyl sites for hydroxylation is 2. The zero-order valence-corrected chi connectivity index (χ0v) is 8.53. The summed E-state index contributed by atoms with van der Waals surface area (Å²) < 4.78 is 0. The molecule has 1 unspecified atom stereocenters. The van der Waals surface area contributed by atoms with Crippen LogP contribution in [0.5, 0.6) is 0 Å². The van der Waals surface area contributed by atoms with Gasteiger partial charge >= 0.3 is 0 Å². The Hall–Kier alpha value is -0.830. The average molecular weight is 182 g/mol. The lowest BCUT2D eigenvalue weighted by atomic mass is 10.3. The van der Waals surface area contributed by atoms with Crippen molar-refractivity contribution in [1.29, 1.82) is 0 Å². The molecule has 1 rings (SSSR count). The molecule has 66 valence electrons. The van der Waals surface area contributed by atoms with E-state index in [4.69, 9.17) is 0 Å². The van der Waals surface area contributed by atoms with Gasteiger partial charge in [-0.25, -0.2) is 4.98 Å². The van der Waals surface area contributed by atoms with Gasteiger partial charge in [-0.05, 0) is 20.8 Å². The lowest BCUT2D eigenvalue weighted by Crippen LogP contribution is -2.10. The first-order valence-corrected chi connectivity index (χ1v) is 4.78. The first-order chi connectivity index (χ1) is 5.63. The van der Waals surface area contributed by atoms with Crippen molar-refractivity contribution in [2.24, 2.45) is 0 Å². The highest BCUT2D eigenvalue weighted by atomic mass is 32.1. The van der Waals surface area contributed by atoms with Crippen LogP contribution in [-0.4, -0.2) is 11.0 Å². The van der Waals surface area contributed by atoms with Crippen molar-refractivity contribution in [2.45, 2.75) is 26.8 Å². The van der Waals surface area contributed by atoms with Gasteiger partial charge in [0.15, 0.2) is 5.13 Å². The molecule has 3 heteroatoms. The van der Waals surface area contributed by atoms with E-state index in [-0.39, 0.29) is 6.04 Å². The molecule has 0 radical (unpaired) electrons. The second kappa shape index (κ2) is 3.72. The summed E-state index contributed by atoms with van der Waals surface area (Å²) in [5.41, 5.74) is 1.11. The van der Waals surface area contributed by atoms with Crippen molar-refractivity contribution >= 4 is 16.5 Å². The highest BCUT2D eigenvalue weighted by molar-refractivity contribution is 7.15. The fourth-order valence-electron chi connectivity index (χ4n) is 0.788. The van der Waals surface area contributed by atoms with Crippen LogP contribution in [0.4, 0.5) is 5.13 Å². The van der Waals surface area contributed by atoms with Gasteiger partial charge in [-0.15, -0.1) is 17.9 Å². The van der Waals surface area contributed by atoms with Gasteiger partial charge in [-0.2, -0.15) is 0 Å². The Balaban J connectivity index is 2.70. The third-order valence-electron chi connectivity index (χ3n) is 1.73. The summed E-state index contributed by atoms with van der Waals surface area (Å²) in [6.07, 6.45) is 1.87. The molecule has 2 nitrogen and oxygen atoms in total. The van der Waals surface area contributed by atoms with Crippen LogP contribution in [0.25, 0.3) is 0 Å². The lowest BCUT2D eigenvalue weighted by molar-refractivity contribution is 0.991. The Kier molecular flexibility index (Phi) is 2.87. The first-order valence-electron chi connectivity index (χ1n) is 3.96. The second-order valence-corrected chi connectivity index (χ2v) is 4.03. The molecule has 0 aromatic carbocycles. The van der Waals surface area contributed by atoms with Gasteiger partial charge in [-0.3, -0.25) is 0 Å². The second-order valence-electron chi connectivity index (χ2n) is 2.83. The molecule has 1 N–H and O–H groups in total. The molecule has 0 aliphatic heterocycles. The van der Waals surface area contributed by atoms with Gasteiger partial charge < -0.3 is 5.32 Å². The number of aromatic nitrogens is 1. The number of anilines is 1. The van der Waals surface area contributed by atoms with Crippen LogP contribution in [0.1, 0.15) is 17.5 Å². The van der Waals surface area contributed by atoms with Crippen molar-refractivity contribution in [1.82, 2.24) is 4.98 Å². The molecule has 1 aromatic rings. The fourth-order valence-corrected chi connectivity index (χ4v) is 1.70. The van der Waals surface area contributed by atoms with Crippen LogP contribution >= 0.6 is 11.3 Å². The van der Waals surface area contributed by atoms with E-state index < -0.39 is 0 Å². The van der Waals surface area contributed by atoms with Crippen molar-refractivity contribution < 1.29 is 0 Å². The number of thiazole rings is 1. The summed E-state index contributed by atoms with van der Waals surface area (Å²) in [4.78, 5) is 5.63. The molecule has 0 saturated carbocycles. The normalized spacial score (nSPS) is 12.6. The SMILES string of the molecule is C=CC(C)Nc1nc(C)c(C)s1. The highest BCUT2D eigenvalue weighted by Crippen LogP contribution is 2.21. The van der Waals surface area contributed by atoms with E-state index in [0.29, 0.717) is 0 Å². The molecule has 0 aliphatic carbocycles. The van der Waals surface area contributed by atoms with E-state index in [1.165, 1.54) is 4.88 Å². The molecule has 0 fully saturated rings. The van der Waals surface area contributed by atoms with Gasteiger partial charge in [0.1, 0.15) is 0 Å². The Bertz CT molecular complexity index is 259. The standard InChI is InChI=1S/C9H14N2S/c1-5-6(2)10-9-11-7(3)8(4)12-9/h5-6H,1H2,2-4H3,(H,10,11). The van der Waals surface area contributed by atoms with E-state index >= 15 is 0 Å². The molecular formula is C9H14N2S. The summed E-state index contributed by atoms with van der Waals surface area (Å²) in [6.45, 7) is 9.86. The minimum atomic E-state index is 0.287. The third kappa shape index (κ3) is 2.08. The smallest absolute Gasteiger partial charge is 0.183 e. The zero-order valence-electron chi connectivity index (χ0n) is 7.72. The predicted molar refractivity (Wildman–Crippen MR) is 54.9 cm³/mol. The molecule has 0 saturated heterocycles. The predicted octanol–water partition coefficient (Wildman–Crippen LogP) is 2.75. The Morgan fingerprint density at radius 2 is 2.25 bits per heavy atom. The van der Waals surface area contributed by atoms with Crippen LogP contribution in [0.2, 0.25) is 0 Å². The van der Waals surface area contributed by atoms with Gasteiger partial charge in [0.05, 0.1) is 5.69 Å². The van der Waals surface area contributed by atoms with Crippen LogP contribution in [0.15, 0.2) is 12.7 Å². The number of rotatable bonds is 3. The van der Waals surface area contributed by atoms with E-state index in [2.05, 4.69) is 30.7 Å². The maximum Gasteiger partial charge on any atom is 0.183 e. The lowest BCUT2D eigenvalue weighted by Gasteiger charge is -2.05.